The van der Waals surface area contributed by atoms with Crippen molar-refractivity contribution in [1.82, 2.24) is 4.90 Å². The summed E-state index contributed by atoms with van der Waals surface area (Å²) in [5.41, 5.74) is 0. The SMILES string of the molecule is CCN(C)C(C)C#CO. The van der Waals surface area contributed by atoms with Crippen molar-refractivity contribution in [2.45, 2.75) is 19.9 Å². The highest BCUT2D eigenvalue weighted by Crippen LogP contribution is 1.90. The van der Waals surface area contributed by atoms with E-state index in [0.29, 0.717) is 0 Å². The molecule has 0 aromatic heterocycles. The van der Waals surface area contributed by atoms with Gasteiger partial charge in [-0.05, 0) is 26.4 Å². The molecule has 1 N–H and O–H groups in total. The van der Waals surface area contributed by atoms with Gasteiger partial charge in [-0.3, -0.25) is 4.90 Å². The van der Waals surface area contributed by atoms with E-state index in [1.54, 1.807) is 0 Å². The van der Waals surface area contributed by atoms with E-state index in [-0.39, 0.29) is 6.04 Å². The molecule has 0 spiro atoms. The number of rotatable bonds is 2. The number of nitrogens with zero attached hydrogens (tertiary/aromatic N) is 1. The second-order valence-corrected chi connectivity index (χ2v) is 2.01. The Balaban J connectivity index is 3.67. The minimum Gasteiger partial charge on any atom is -0.462 e. The molecule has 1 atom stereocenters. The fraction of sp³-hybridized carbons (Fsp3) is 0.714. The van der Waals surface area contributed by atoms with Crippen LogP contribution in [0.4, 0.5) is 0 Å². The zero-order valence-electron chi connectivity index (χ0n) is 6.18. The van der Waals surface area contributed by atoms with Crippen LogP contribution in [0.15, 0.2) is 0 Å². The Morgan fingerprint density at radius 1 is 1.67 bits per heavy atom. The van der Waals surface area contributed by atoms with Crippen LogP contribution in [-0.2, 0) is 0 Å². The zero-order valence-corrected chi connectivity index (χ0v) is 6.18. The molecule has 0 aliphatic heterocycles. The predicted molar refractivity (Wildman–Crippen MR) is 37.5 cm³/mol. The second-order valence-electron chi connectivity index (χ2n) is 2.01. The molecule has 0 aliphatic carbocycles. The molecule has 0 rings (SSSR count). The molecule has 0 aliphatic rings. The summed E-state index contributed by atoms with van der Waals surface area (Å²) in [7, 11) is 1.97. The summed E-state index contributed by atoms with van der Waals surface area (Å²) in [5, 5.41) is 8.19. The Morgan fingerprint density at radius 3 is 2.56 bits per heavy atom. The van der Waals surface area contributed by atoms with Crippen molar-refractivity contribution >= 4 is 0 Å². The lowest BCUT2D eigenvalue weighted by Gasteiger charge is -2.16. The molecule has 9 heavy (non-hydrogen) atoms. The van der Waals surface area contributed by atoms with E-state index in [1.807, 2.05) is 25.0 Å². The fourth-order valence-corrected chi connectivity index (χ4v) is 0.477. The van der Waals surface area contributed by atoms with Crippen LogP contribution in [0.2, 0.25) is 0 Å². The van der Waals surface area contributed by atoms with Crippen molar-refractivity contribution in [3.8, 4) is 12.0 Å². The molecule has 0 saturated heterocycles. The molecule has 0 saturated carbocycles. The molecule has 0 radical (unpaired) electrons. The third kappa shape index (κ3) is 2.99. The fourth-order valence-electron chi connectivity index (χ4n) is 0.477. The molecule has 0 heterocycles. The Morgan fingerprint density at radius 2 is 2.22 bits per heavy atom. The van der Waals surface area contributed by atoms with Crippen molar-refractivity contribution in [3.63, 3.8) is 0 Å². The summed E-state index contributed by atoms with van der Waals surface area (Å²) >= 11 is 0. The Bertz CT molecular complexity index is 123. The highest BCUT2D eigenvalue weighted by Gasteiger charge is 2.00. The first-order valence-electron chi connectivity index (χ1n) is 3.07. The standard InChI is InChI=1S/C7H13NO/c1-4-8(3)7(2)5-6-9/h7,9H,4H2,1-3H3. The third-order valence-electron chi connectivity index (χ3n) is 1.43. The molecule has 2 nitrogen and oxygen atoms in total. The minimum absolute atomic E-state index is 0.153. The Hall–Kier alpha value is -0.680. The van der Waals surface area contributed by atoms with Gasteiger partial charge in [-0.25, -0.2) is 0 Å². The van der Waals surface area contributed by atoms with Gasteiger partial charge in [0.1, 0.15) is 6.11 Å². The van der Waals surface area contributed by atoms with Gasteiger partial charge in [-0.1, -0.05) is 6.92 Å². The molecule has 52 valence electrons. The van der Waals surface area contributed by atoms with E-state index in [0.717, 1.165) is 6.54 Å². The van der Waals surface area contributed by atoms with E-state index in [2.05, 4.69) is 12.8 Å². The van der Waals surface area contributed by atoms with Crippen LogP contribution >= 0.6 is 0 Å². The average molecular weight is 127 g/mol. The van der Waals surface area contributed by atoms with E-state index >= 15 is 0 Å². The van der Waals surface area contributed by atoms with Gasteiger partial charge < -0.3 is 5.11 Å². The van der Waals surface area contributed by atoms with Crippen molar-refractivity contribution in [2.75, 3.05) is 13.6 Å². The number of hydrogen-bond acceptors (Lipinski definition) is 2. The monoisotopic (exact) mass is 127 g/mol. The van der Waals surface area contributed by atoms with Gasteiger partial charge in [-0.2, -0.15) is 0 Å². The number of aliphatic hydroxyl groups is 1. The summed E-state index contributed by atoms with van der Waals surface area (Å²) in [6.07, 6.45) is 1.89. The van der Waals surface area contributed by atoms with Crippen LogP contribution in [0.5, 0.6) is 0 Å². The highest BCUT2D eigenvalue weighted by molar-refractivity contribution is 4.99. The van der Waals surface area contributed by atoms with Gasteiger partial charge in [0.05, 0.1) is 6.04 Å². The first kappa shape index (κ1) is 8.32. The lowest BCUT2D eigenvalue weighted by atomic mass is 10.3. The van der Waals surface area contributed by atoms with Gasteiger partial charge in [0.2, 0.25) is 0 Å². The molecule has 0 aromatic carbocycles. The van der Waals surface area contributed by atoms with Crippen molar-refractivity contribution in [3.05, 3.63) is 0 Å². The van der Waals surface area contributed by atoms with Crippen LogP contribution in [0, 0.1) is 12.0 Å². The van der Waals surface area contributed by atoms with E-state index in [9.17, 15) is 0 Å². The molecule has 2 heteroatoms. The molecular weight excluding hydrogens is 114 g/mol. The smallest absolute Gasteiger partial charge is 0.109 e. The van der Waals surface area contributed by atoms with Crippen LogP contribution in [0.3, 0.4) is 0 Å². The van der Waals surface area contributed by atoms with Crippen LogP contribution in [-0.4, -0.2) is 29.6 Å². The van der Waals surface area contributed by atoms with Gasteiger partial charge >= 0.3 is 0 Å². The predicted octanol–water partition coefficient (Wildman–Crippen LogP) is 0.660. The van der Waals surface area contributed by atoms with Gasteiger partial charge in [0.25, 0.3) is 0 Å². The van der Waals surface area contributed by atoms with Gasteiger partial charge in [0, 0.05) is 0 Å². The van der Waals surface area contributed by atoms with Crippen LogP contribution in [0.25, 0.3) is 0 Å². The topological polar surface area (TPSA) is 23.5 Å². The summed E-state index contributed by atoms with van der Waals surface area (Å²) in [6, 6.07) is 0.153. The van der Waals surface area contributed by atoms with Crippen molar-refractivity contribution < 1.29 is 5.11 Å². The molecule has 0 bridgehead atoms. The quantitative estimate of drug-likeness (QED) is 0.551. The first-order valence-corrected chi connectivity index (χ1v) is 3.07. The lowest BCUT2D eigenvalue weighted by Crippen LogP contribution is -2.27. The molecule has 1 unspecified atom stereocenters. The maximum atomic E-state index is 8.19. The molecular formula is C7H13NO. The Kier molecular flexibility index (Phi) is 3.90. The van der Waals surface area contributed by atoms with E-state index in [1.165, 1.54) is 0 Å². The highest BCUT2D eigenvalue weighted by atomic mass is 16.2. The van der Waals surface area contributed by atoms with Crippen molar-refractivity contribution in [2.24, 2.45) is 0 Å². The molecule has 0 aromatic rings. The molecule has 0 amide bonds. The average Bonchev–Trinajstić information content (AvgIpc) is 1.87. The minimum atomic E-state index is 0.153. The van der Waals surface area contributed by atoms with E-state index in [4.69, 9.17) is 5.11 Å². The van der Waals surface area contributed by atoms with E-state index < -0.39 is 0 Å². The van der Waals surface area contributed by atoms with Crippen LogP contribution < -0.4 is 0 Å². The van der Waals surface area contributed by atoms with Gasteiger partial charge in [-0.15, -0.1) is 0 Å². The lowest BCUT2D eigenvalue weighted by molar-refractivity contribution is 0.320. The Labute approximate surface area is 56.5 Å². The summed E-state index contributed by atoms with van der Waals surface area (Å²) < 4.78 is 0. The van der Waals surface area contributed by atoms with Gasteiger partial charge in [0.15, 0.2) is 0 Å². The summed E-state index contributed by atoms with van der Waals surface area (Å²) in [4.78, 5) is 2.04. The first-order chi connectivity index (χ1) is 4.22. The molecule has 0 fully saturated rings. The van der Waals surface area contributed by atoms with Crippen LogP contribution in [0.1, 0.15) is 13.8 Å². The van der Waals surface area contributed by atoms with Crippen molar-refractivity contribution in [1.29, 1.82) is 0 Å². The largest absolute Gasteiger partial charge is 0.462 e. The maximum Gasteiger partial charge on any atom is 0.109 e. The summed E-state index contributed by atoms with van der Waals surface area (Å²) in [6.45, 7) is 4.96. The zero-order chi connectivity index (χ0) is 7.28. The summed E-state index contributed by atoms with van der Waals surface area (Å²) in [5.74, 6) is 2.63. The number of aliphatic hydroxyl groups excluding tert-OH is 1. The third-order valence-corrected chi connectivity index (χ3v) is 1.43. The number of hydrogen-bond donors (Lipinski definition) is 1. The normalized spacial score (nSPS) is 12.4. The second kappa shape index (κ2) is 4.22. The maximum absolute atomic E-state index is 8.19.